The average Bonchev–Trinajstić information content (AvgIpc) is 3.25. The van der Waals surface area contributed by atoms with Gasteiger partial charge in [0.15, 0.2) is 0 Å². The molecule has 0 radical (unpaired) electrons. The number of rotatable bonds is 4. The molecule has 1 saturated carbocycles. The van der Waals surface area contributed by atoms with Crippen LogP contribution in [0.4, 0.5) is 5.95 Å². The van der Waals surface area contributed by atoms with E-state index < -0.39 is 0 Å². The van der Waals surface area contributed by atoms with E-state index in [0.29, 0.717) is 0 Å². The molecule has 18 heavy (non-hydrogen) atoms. The molecular formula is C14H22N4. The third-order valence-corrected chi connectivity index (χ3v) is 3.93. The molecular weight excluding hydrogens is 224 g/mol. The fraction of sp³-hybridized carbons (Fsp3) is 0.714. The number of hydrogen-bond acceptors (Lipinski definition) is 4. The Morgan fingerprint density at radius 1 is 1.17 bits per heavy atom. The molecule has 4 nitrogen and oxygen atoms in total. The van der Waals surface area contributed by atoms with E-state index in [0.717, 1.165) is 31.6 Å². The highest BCUT2D eigenvalue weighted by Gasteiger charge is 2.26. The summed E-state index contributed by atoms with van der Waals surface area (Å²) in [4.78, 5) is 13.8. The molecule has 2 aliphatic rings. The summed E-state index contributed by atoms with van der Waals surface area (Å²) in [7, 11) is 2.19. The Kier molecular flexibility index (Phi) is 3.46. The quantitative estimate of drug-likeness (QED) is 0.814. The second kappa shape index (κ2) is 5.22. The fourth-order valence-corrected chi connectivity index (χ4v) is 2.62. The van der Waals surface area contributed by atoms with Crippen molar-refractivity contribution in [1.82, 2.24) is 14.9 Å². The van der Waals surface area contributed by atoms with Gasteiger partial charge >= 0.3 is 0 Å². The third-order valence-electron chi connectivity index (χ3n) is 3.93. The molecule has 0 spiro atoms. The Morgan fingerprint density at radius 3 is 2.44 bits per heavy atom. The maximum absolute atomic E-state index is 4.52. The summed E-state index contributed by atoms with van der Waals surface area (Å²) in [5, 5.41) is 0. The second-order valence-corrected chi connectivity index (χ2v) is 5.59. The lowest BCUT2D eigenvalue weighted by Crippen LogP contribution is -2.31. The SMILES string of the molecule is CN(Cc1cnc(N2CCCCC2)nc1)C1CC1. The van der Waals surface area contributed by atoms with Crippen LogP contribution in [-0.2, 0) is 6.54 Å². The molecule has 1 aromatic heterocycles. The van der Waals surface area contributed by atoms with Gasteiger partial charge in [0.1, 0.15) is 0 Å². The molecule has 0 amide bonds. The minimum Gasteiger partial charge on any atom is -0.341 e. The van der Waals surface area contributed by atoms with E-state index in [4.69, 9.17) is 0 Å². The van der Waals surface area contributed by atoms with E-state index in [1.165, 1.54) is 37.7 Å². The fourth-order valence-electron chi connectivity index (χ4n) is 2.62. The molecule has 1 aliphatic carbocycles. The van der Waals surface area contributed by atoms with Crippen molar-refractivity contribution < 1.29 is 0 Å². The largest absolute Gasteiger partial charge is 0.341 e. The summed E-state index contributed by atoms with van der Waals surface area (Å²) in [5.41, 5.74) is 1.23. The lowest BCUT2D eigenvalue weighted by molar-refractivity contribution is 0.315. The van der Waals surface area contributed by atoms with Crippen molar-refractivity contribution in [2.24, 2.45) is 0 Å². The van der Waals surface area contributed by atoms with Crippen LogP contribution in [-0.4, -0.2) is 41.0 Å². The van der Waals surface area contributed by atoms with Crippen molar-refractivity contribution in [3.8, 4) is 0 Å². The Balaban J connectivity index is 1.60. The van der Waals surface area contributed by atoms with Crippen LogP contribution in [0.25, 0.3) is 0 Å². The van der Waals surface area contributed by atoms with Crippen LogP contribution >= 0.6 is 0 Å². The molecule has 1 aromatic rings. The van der Waals surface area contributed by atoms with Crippen LogP contribution in [0.5, 0.6) is 0 Å². The Morgan fingerprint density at radius 2 is 1.83 bits per heavy atom. The number of hydrogen-bond donors (Lipinski definition) is 0. The first-order valence-corrected chi connectivity index (χ1v) is 7.09. The van der Waals surface area contributed by atoms with Crippen LogP contribution in [0.3, 0.4) is 0 Å². The summed E-state index contributed by atoms with van der Waals surface area (Å²) >= 11 is 0. The van der Waals surface area contributed by atoms with Gasteiger partial charge < -0.3 is 4.90 Å². The van der Waals surface area contributed by atoms with Gasteiger partial charge in [0.2, 0.25) is 5.95 Å². The van der Waals surface area contributed by atoms with E-state index in [-0.39, 0.29) is 0 Å². The highest BCUT2D eigenvalue weighted by atomic mass is 15.2. The Labute approximate surface area is 109 Å². The zero-order valence-corrected chi connectivity index (χ0v) is 11.2. The second-order valence-electron chi connectivity index (χ2n) is 5.59. The molecule has 98 valence electrons. The lowest BCUT2D eigenvalue weighted by atomic mass is 10.1. The van der Waals surface area contributed by atoms with Gasteiger partial charge in [-0.1, -0.05) is 0 Å². The molecule has 1 aliphatic heterocycles. The minimum atomic E-state index is 0.798. The first-order chi connectivity index (χ1) is 8.83. The maximum atomic E-state index is 4.52. The van der Waals surface area contributed by atoms with Crippen molar-refractivity contribution in [2.75, 3.05) is 25.0 Å². The van der Waals surface area contributed by atoms with Gasteiger partial charge in [-0.15, -0.1) is 0 Å². The Bertz CT molecular complexity index is 379. The topological polar surface area (TPSA) is 32.3 Å². The van der Waals surface area contributed by atoms with Gasteiger partial charge in [-0.3, -0.25) is 4.90 Å². The average molecular weight is 246 g/mol. The van der Waals surface area contributed by atoms with Crippen LogP contribution < -0.4 is 4.90 Å². The number of piperidine rings is 1. The molecule has 2 fully saturated rings. The highest BCUT2D eigenvalue weighted by molar-refractivity contribution is 5.30. The zero-order valence-electron chi connectivity index (χ0n) is 11.2. The van der Waals surface area contributed by atoms with Crippen molar-refractivity contribution >= 4 is 5.95 Å². The zero-order chi connectivity index (χ0) is 12.4. The van der Waals surface area contributed by atoms with Gasteiger partial charge in [-0.05, 0) is 39.2 Å². The van der Waals surface area contributed by atoms with Crippen LogP contribution in [0.15, 0.2) is 12.4 Å². The monoisotopic (exact) mass is 246 g/mol. The van der Waals surface area contributed by atoms with E-state index >= 15 is 0 Å². The standard InChI is InChI=1S/C14H22N4/c1-17(13-5-6-13)11-12-9-15-14(16-10-12)18-7-3-2-4-8-18/h9-10,13H,2-8,11H2,1H3. The summed E-state index contributed by atoms with van der Waals surface area (Å²) in [6, 6.07) is 0.798. The summed E-state index contributed by atoms with van der Waals surface area (Å²) in [6.45, 7) is 3.20. The molecule has 4 heteroatoms. The van der Waals surface area contributed by atoms with Gasteiger partial charge in [0.05, 0.1) is 0 Å². The third kappa shape index (κ3) is 2.80. The molecule has 0 N–H and O–H groups in total. The van der Waals surface area contributed by atoms with E-state index in [1.54, 1.807) is 0 Å². The maximum Gasteiger partial charge on any atom is 0.225 e. The predicted octanol–water partition coefficient (Wildman–Crippen LogP) is 2.06. The van der Waals surface area contributed by atoms with Crippen molar-refractivity contribution in [1.29, 1.82) is 0 Å². The predicted molar refractivity (Wildman–Crippen MR) is 72.6 cm³/mol. The minimum absolute atomic E-state index is 0.798. The van der Waals surface area contributed by atoms with Gasteiger partial charge in [0.25, 0.3) is 0 Å². The molecule has 3 rings (SSSR count). The molecule has 0 atom stereocenters. The molecule has 2 heterocycles. The molecule has 0 bridgehead atoms. The van der Waals surface area contributed by atoms with E-state index in [2.05, 4.69) is 26.8 Å². The first-order valence-electron chi connectivity index (χ1n) is 7.09. The van der Waals surface area contributed by atoms with E-state index in [9.17, 15) is 0 Å². The van der Waals surface area contributed by atoms with Gasteiger partial charge in [-0.25, -0.2) is 9.97 Å². The number of anilines is 1. The van der Waals surface area contributed by atoms with Crippen molar-refractivity contribution in [3.05, 3.63) is 18.0 Å². The van der Waals surface area contributed by atoms with Crippen molar-refractivity contribution in [3.63, 3.8) is 0 Å². The van der Waals surface area contributed by atoms with Crippen LogP contribution in [0, 0.1) is 0 Å². The highest BCUT2D eigenvalue weighted by Crippen LogP contribution is 2.26. The molecule has 0 unspecified atom stereocenters. The van der Waals surface area contributed by atoms with E-state index in [1.807, 2.05) is 12.4 Å². The van der Waals surface area contributed by atoms with Crippen molar-refractivity contribution in [2.45, 2.75) is 44.7 Å². The molecule has 1 saturated heterocycles. The first kappa shape index (κ1) is 11.9. The summed E-state index contributed by atoms with van der Waals surface area (Å²) in [6.07, 6.45) is 10.6. The Hall–Kier alpha value is -1.16. The molecule has 0 aromatic carbocycles. The van der Waals surface area contributed by atoms with Gasteiger partial charge in [-0.2, -0.15) is 0 Å². The lowest BCUT2D eigenvalue weighted by Gasteiger charge is -2.26. The number of nitrogens with zero attached hydrogens (tertiary/aromatic N) is 4. The van der Waals surface area contributed by atoms with Crippen LogP contribution in [0.1, 0.15) is 37.7 Å². The smallest absolute Gasteiger partial charge is 0.225 e. The summed E-state index contributed by atoms with van der Waals surface area (Å²) in [5.74, 6) is 0.910. The van der Waals surface area contributed by atoms with Crippen LogP contribution in [0.2, 0.25) is 0 Å². The number of aromatic nitrogens is 2. The summed E-state index contributed by atoms with van der Waals surface area (Å²) < 4.78 is 0. The van der Waals surface area contributed by atoms with Gasteiger partial charge in [0, 0.05) is 43.6 Å². The normalized spacial score (nSPS) is 20.4.